The molecule has 0 rings (SSSR count). The lowest BCUT2D eigenvalue weighted by molar-refractivity contribution is -0.144. The summed E-state index contributed by atoms with van der Waals surface area (Å²) in [5.41, 5.74) is 5.42. The number of hydrogen-bond acceptors (Lipinski definition) is 4. The van der Waals surface area contributed by atoms with Crippen LogP contribution in [0.5, 0.6) is 0 Å². The van der Waals surface area contributed by atoms with Crippen molar-refractivity contribution in [3.05, 3.63) is 0 Å². The molecule has 0 amide bonds. The second-order valence-corrected chi connectivity index (χ2v) is 2.54. The van der Waals surface area contributed by atoms with E-state index in [2.05, 4.69) is 4.74 Å². The number of nitrogens with zero attached hydrogens (tertiary/aromatic N) is 1. The van der Waals surface area contributed by atoms with Gasteiger partial charge in [0.25, 0.3) is 0 Å². The van der Waals surface area contributed by atoms with Crippen molar-refractivity contribution in [1.82, 2.24) is 0 Å². The zero-order valence-corrected chi connectivity index (χ0v) is 6.70. The molecule has 0 aliphatic rings. The summed E-state index contributed by atoms with van der Waals surface area (Å²) >= 11 is 0. The van der Waals surface area contributed by atoms with Crippen LogP contribution in [-0.2, 0) is 9.53 Å². The van der Waals surface area contributed by atoms with Crippen molar-refractivity contribution in [3.63, 3.8) is 0 Å². The molecule has 4 nitrogen and oxygen atoms in total. The summed E-state index contributed by atoms with van der Waals surface area (Å²) in [5.74, 6) is -0.470. The smallest absolute Gasteiger partial charge is 0.324 e. The molecule has 0 heterocycles. The summed E-state index contributed by atoms with van der Waals surface area (Å²) < 4.78 is 4.49. The Morgan fingerprint density at radius 3 is 2.64 bits per heavy atom. The highest BCUT2D eigenvalue weighted by Gasteiger charge is 2.17. The minimum atomic E-state index is -0.622. The van der Waals surface area contributed by atoms with Gasteiger partial charge >= 0.3 is 5.97 Å². The molecule has 4 heteroatoms. The number of hydrogen-bond donors (Lipinski definition) is 1. The van der Waals surface area contributed by atoms with Crippen molar-refractivity contribution in [3.8, 4) is 6.07 Å². The highest BCUT2D eigenvalue weighted by molar-refractivity contribution is 5.75. The van der Waals surface area contributed by atoms with Crippen LogP contribution in [-0.4, -0.2) is 18.6 Å². The molecule has 2 N–H and O–H groups in total. The molecule has 0 aliphatic carbocycles. The van der Waals surface area contributed by atoms with E-state index in [9.17, 15) is 4.79 Å². The van der Waals surface area contributed by atoms with Crippen molar-refractivity contribution in [2.45, 2.75) is 19.9 Å². The molecule has 62 valence electrons. The molecule has 0 saturated heterocycles. The standard InChI is InChI=1S/C7H12N2O2/c1-5(2)6(9)7(10)11-4-3-8/h5-6H,4,9H2,1-2H3. The van der Waals surface area contributed by atoms with Gasteiger partial charge in [0.15, 0.2) is 6.61 Å². The molecule has 0 aromatic heterocycles. The Morgan fingerprint density at radius 1 is 1.73 bits per heavy atom. The number of ether oxygens (including phenoxy) is 1. The summed E-state index contributed by atoms with van der Waals surface area (Å²) in [6.45, 7) is 3.41. The monoisotopic (exact) mass is 156 g/mol. The predicted octanol–water partition coefficient (Wildman–Crippen LogP) is 0.0365. The first-order chi connectivity index (χ1) is 5.09. The summed E-state index contributed by atoms with van der Waals surface area (Å²) in [7, 11) is 0. The second-order valence-electron chi connectivity index (χ2n) is 2.54. The number of carbonyl (C=O) groups is 1. The van der Waals surface area contributed by atoms with Gasteiger partial charge in [-0.25, -0.2) is 0 Å². The number of rotatable bonds is 3. The lowest BCUT2D eigenvalue weighted by atomic mass is 10.1. The topological polar surface area (TPSA) is 76.1 Å². The third kappa shape index (κ3) is 3.58. The van der Waals surface area contributed by atoms with Crippen LogP contribution in [0, 0.1) is 17.2 Å². The Hall–Kier alpha value is -1.08. The average molecular weight is 156 g/mol. The van der Waals surface area contributed by atoms with Gasteiger partial charge in [-0.15, -0.1) is 0 Å². The molecule has 0 aliphatic heterocycles. The number of esters is 1. The molecular formula is C7H12N2O2. The van der Waals surface area contributed by atoms with Gasteiger partial charge in [-0.3, -0.25) is 4.79 Å². The normalized spacial score (nSPS) is 12.3. The van der Waals surface area contributed by atoms with E-state index >= 15 is 0 Å². The van der Waals surface area contributed by atoms with E-state index in [1.54, 1.807) is 6.07 Å². The van der Waals surface area contributed by atoms with Gasteiger partial charge in [0.2, 0.25) is 0 Å². The number of nitriles is 1. The van der Waals surface area contributed by atoms with Gasteiger partial charge in [0.1, 0.15) is 12.1 Å². The first-order valence-corrected chi connectivity index (χ1v) is 3.38. The zero-order valence-electron chi connectivity index (χ0n) is 6.70. The van der Waals surface area contributed by atoms with E-state index in [-0.39, 0.29) is 12.5 Å². The van der Waals surface area contributed by atoms with Gasteiger partial charge < -0.3 is 10.5 Å². The first-order valence-electron chi connectivity index (χ1n) is 3.38. The lowest BCUT2D eigenvalue weighted by Crippen LogP contribution is -2.37. The predicted molar refractivity (Wildman–Crippen MR) is 39.4 cm³/mol. The zero-order chi connectivity index (χ0) is 8.85. The fourth-order valence-corrected chi connectivity index (χ4v) is 0.472. The lowest BCUT2D eigenvalue weighted by Gasteiger charge is -2.12. The van der Waals surface area contributed by atoms with E-state index in [1.807, 2.05) is 13.8 Å². The van der Waals surface area contributed by atoms with Crippen molar-refractivity contribution in [2.24, 2.45) is 11.7 Å². The van der Waals surface area contributed by atoms with Crippen molar-refractivity contribution < 1.29 is 9.53 Å². The molecule has 0 bridgehead atoms. The maximum absolute atomic E-state index is 10.8. The van der Waals surface area contributed by atoms with E-state index in [1.165, 1.54) is 0 Å². The Morgan fingerprint density at radius 2 is 2.27 bits per heavy atom. The van der Waals surface area contributed by atoms with Gasteiger partial charge in [0, 0.05) is 0 Å². The molecule has 1 atom stereocenters. The summed E-state index contributed by atoms with van der Waals surface area (Å²) in [6, 6.07) is 1.07. The van der Waals surface area contributed by atoms with Crippen LogP contribution in [0.2, 0.25) is 0 Å². The molecule has 0 radical (unpaired) electrons. The molecule has 1 unspecified atom stereocenters. The third-order valence-electron chi connectivity index (χ3n) is 1.27. The molecule has 0 aromatic carbocycles. The molecule has 0 fully saturated rings. The first kappa shape index (κ1) is 9.92. The Labute approximate surface area is 65.9 Å². The summed E-state index contributed by atoms with van der Waals surface area (Å²) in [6.07, 6.45) is 0. The van der Waals surface area contributed by atoms with Crippen LogP contribution in [0.25, 0.3) is 0 Å². The third-order valence-corrected chi connectivity index (χ3v) is 1.27. The van der Waals surface area contributed by atoms with Crippen molar-refractivity contribution in [2.75, 3.05) is 6.61 Å². The van der Waals surface area contributed by atoms with Crippen LogP contribution in [0.1, 0.15) is 13.8 Å². The summed E-state index contributed by atoms with van der Waals surface area (Å²) in [5, 5.41) is 8.07. The number of carbonyl (C=O) groups excluding carboxylic acids is 1. The van der Waals surface area contributed by atoms with Gasteiger partial charge in [0.05, 0.1) is 0 Å². The van der Waals surface area contributed by atoms with E-state index in [4.69, 9.17) is 11.0 Å². The van der Waals surface area contributed by atoms with Crippen LogP contribution >= 0.6 is 0 Å². The summed E-state index contributed by atoms with van der Waals surface area (Å²) in [4.78, 5) is 10.8. The average Bonchev–Trinajstić information content (AvgIpc) is 1.98. The fourth-order valence-electron chi connectivity index (χ4n) is 0.472. The van der Waals surface area contributed by atoms with Gasteiger partial charge in [-0.05, 0) is 5.92 Å². The van der Waals surface area contributed by atoms with Crippen molar-refractivity contribution >= 4 is 5.97 Å². The van der Waals surface area contributed by atoms with Crippen molar-refractivity contribution in [1.29, 1.82) is 5.26 Å². The van der Waals surface area contributed by atoms with Gasteiger partial charge in [-0.2, -0.15) is 5.26 Å². The van der Waals surface area contributed by atoms with Gasteiger partial charge in [-0.1, -0.05) is 13.8 Å². The molecule has 0 aromatic rings. The highest BCUT2D eigenvalue weighted by Crippen LogP contribution is 1.99. The fraction of sp³-hybridized carbons (Fsp3) is 0.714. The van der Waals surface area contributed by atoms with Crippen LogP contribution < -0.4 is 5.73 Å². The molecule has 11 heavy (non-hydrogen) atoms. The maximum Gasteiger partial charge on any atom is 0.324 e. The SMILES string of the molecule is CC(C)C(N)C(=O)OCC#N. The number of nitrogens with two attached hydrogens (primary N) is 1. The van der Waals surface area contributed by atoms with Crippen LogP contribution in [0.15, 0.2) is 0 Å². The van der Waals surface area contributed by atoms with Crippen LogP contribution in [0.4, 0.5) is 0 Å². The maximum atomic E-state index is 10.8. The molecule has 0 saturated carbocycles. The minimum absolute atomic E-state index is 0.0428. The Bertz CT molecular complexity index is 172. The van der Waals surface area contributed by atoms with E-state index in [0.29, 0.717) is 0 Å². The van der Waals surface area contributed by atoms with E-state index in [0.717, 1.165) is 0 Å². The van der Waals surface area contributed by atoms with E-state index < -0.39 is 12.0 Å². The second kappa shape index (κ2) is 4.69. The molecular weight excluding hydrogens is 144 g/mol. The Kier molecular flexibility index (Phi) is 4.23. The quantitative estimate of drug-likeness (QED) is 0.585. The highest BCUT2D eigenvalue weighted by atomic mass is 16.5. The molecule has 0 spiro atoms. The minimum Gasteiger partial charge on any atom is -0.449 e. The van der Waals surface area contributed by atoms with Crippen LogP contribution in [0.3, 0.4) is 0 Å². The Balaban J connectivity index is 3.76. The largest absolute Gasteiger partial charge is 0.449 e.